The second-order valence-corrected chi connectivity index (χ2v) is 4.25. The number of hydrogen-bond acceptors (Lipinski definition) is 2. The summed E-state index contributed by atoms with van der Waals surface area (Å²) >= 11 is 0. The molecule has 0 fully saturated rings. The maximum atomic E-state index is 4.23. The molecule has 0 saturated carbocycles. The Morgan fingerprint density at radius 2 is 2.07 bits per heavy atom. The molecule has 2 heteroatoms. The van der Waals surface area contributed by atoms with Crippen molar-refractivity contribution in [3.63, 3.8) is 0 Å². The molecule has 0 unspecified atom stereocenters. The maximum absolute atomic E-state index is 4.23. The summed E-state index contributed by atoms with van der Waals surface area (Å²) in [6.07, 6.45) is 3.60. The summed E-state index contributed by atoms with van der Waals surface area (Å²) in [6, 6.07) is 2.06. The third-order valence-corrected chi connectivity index (χ3v) is 2.13. The van der Waals surface area contributed by atoms with Crippen LogP contribution in [0.1, 0.15) is 31.9 Å². The van der Waals surface area contributed by atoms with E-state index < -0.39 is 0 Å². The molecular weight excluding hydrogens is 172 g/mol. The zero-order chi connectivity index (χ0) is 10.8. The second-order valence-electron chi connectivity index (χ2n) is 4.25. The molecule has 1 heterocycles. The van der Waals surface area contributed by atoms with Crippen molar-refractivity contribution in [3.8, 4) is 0 Å². The fourth-order valence-electron chi connectivity index (χ4n) is 1.17. The fourth-order valence-corrected chi connectivity index (χ4v) is 1.17. The molecule has 2 nitrogen and oxygen atoms in total. The molecule has 1 aromatic heterocycles. The standard InChI is InChI=1S/C12H16N2/c1-6-9-7-10(12(2,3)4)8-14-11(9)13-5/h6-8H,1,5H2,2-4H3. The molecule has 1 aromatic rings. The average molecular weight is 188 g/mol. The summed E-state index contributed by atoms with van der Waals surface area (Å²) in [5.74, 6) is 0.646. The highest BCUT2D eigenvalue weighted by Crippen LogP contribution is 2.26. The molecule has 1 rings (SSSR count). The van der Waals surface area contributed by atoms with E-state index in [-0.39, 0.29) is 5.41 Å². The van der Waals surface area contributed by atoms with Crippen LogP contribution in [-0.2, 0) is 5.41 Å². The molecule has 0 spiro atoms. The van der Waals surface area contributed by atoms with E-state index in [9.17, 15) is 0 Å². The van der Waals surface area contributed by atoms with E-state index in [0.717, 1.165) is 5.56 Å². The highest BCUT2D eigenvalue weighted by molar-refractivity contribution is 5.62. The molecule has 0 aliphatic carbocycles. The number of aliphatic imine (C=N–C) groups is 1. The first-order valence-corrected chi connectivity index (χ1v) is 4.58. The molecule has 0 bridgehead atoms. The van der Waals surface area contributed by atoms with Crippen molar-refractivity contribution in [2.75, 3.05) is 0 Å². The third kappa shape index (κ3) is 2.08. The molecule has 14 heavy (non-hydrogen) atoms. The van der Waals surface area contributed by atoms with Gasteiger partial charge in [-0.05, 0) is 23.8 Å². The van der Waals surface area contributed by atoms with Crippen LogP contribution in [0.15, 0.2) is 23.8 Å². The van der Waals surface area contributed by atoms with Crippen LogP contribution in [0.25, 0.3) is 6.08 Å². The van der Waals surface area contributed by atoms with Gasteiger partial charge in [-0.15, -0.1) is 0 Å². The Labute approximate surface area is 85.4 Å². The topological polar surface area (TPSA) is 25.2 Å². The van der Waals surface area contributed by atoms with E-state index in [2.05, 4.69) is 50.1 Å². The summed E-state index contributed by atoms with van der Waals surface area (Å²) in [4.78, 5) is 8.07. The number of aromatic nitrogens is 1. The van der Waals surface area contributed by atoms with Crippen molar-refractivity contribution in [2.24, 2.45) is 4.99 Å². The van der Waals surface area contributed by atoms with Crippen molar-refractivity contribution >= 4 is 18.6 Å². The minimum atomic E-state index is 0.102. The number of rotatable bonds is 2. The van der Waals surface area contributed by atoms with E-state index in [0.29, 0.717) is 5.82 Å². The van der Waals surface area contributed by atoms with Crippen LogP contribution < -0.4 is 0 Å². The molecule has 0 amide bonds. The van der Waals surface area contributed by atoms with Gasteiger partial charge >= 0.3 is 0 Å². The van der Waals surface area contributed by atoms with Crippen LogP contribution >= 0.6 is 0 Å². The zero-order valence-electron chi connectivity index (χ0n) is 9.04. The quantitative estimate of drug-likeness (QED) is 0.653. The lowest BCUT2D eigenvalue weighted by atomic mass is 9.87. The minimum absolute atomic E-state index is 0.102. The number of nitrogens with zero attached hydrogens (tertiary/aromatic N) is 2. The Bertz CT molecular complexity index is 359. The first kappa shape index (κ1) is 10.6. The highest BCUT2D eigenvalue weighted by atomic mass is 14.9. The van der Waals surface area contributed by atoms with Crippen LogP contribution in [0.3, 0.4) is 0 Å². The van der Waals surface area contributed by atoms with Gasteiger partial charge in [-0.25, -0.2) is 9.98 Å². The van der Waals surface area contributed by atoms with Gasteiger partial charge in [0, 0.05) is 11.8 Å². The Morgan fingerprint density at radius 1 is 1.43 bits per heavy atom. The third-order valence-electron chi connectivity index (χ3n) is 2.13. The SMILES string of the molecule is C=Cc1cc(C(C)(C)C)cnc1N=C. The van der Waals surface area contributed by atoms with Crippen molar-refractivity contribution in [2.45, 2.75) is 26.2 Å². The van der Waals surface area contributed by atoms with Crippen LogP contribution in [0.2, 0.25) is 0 Å². The average Bonchev–Trinajstić information content (AvgIpc) is 2.15. The number of pyridine rings is 1. The predicted octanol–water partition coefficient (Wildman–Crippen LogP) is 3.35. The number of hydrogen-bond donors (Lipinski definition) is 0. The molecule has 0 aromatic carbocycles. The van der Waals surface area contributed by atoms with Gasteiger partial charge in [0.15, 0.2) is 5.82 Å². The highest BCUT2D eigenvalue weighted by Gasteiger charge is 2.15. The molecular formula is C12H16N2. The summed E-state index contributed by atoms with van der Waals surface area (Å²) < 4.78 is 0. The molecule has 0 aliphatic heterocycles. The Morgan fingerprint density at radius 3 is 2.50 bits per heavy atom. The van der Waals surface area contributed by atoms with E-state index in [4.69, 9.17) is 0 Å². The molecule has 0 saturated heterocycles. The van der Waals surface area contributed by atoms with Gasteiger partial charge in [-0.3, -0.25) is 0 Å². The van der Waals surface area contributed by atoms with Crippen LogP contribution in [0.4, 0.5) is 5.82 Å². The van der Waals surface area contributed by atoms with Crippen LogP contribution in [-0.4, -0.2) is 11.7 Å². The monoisotopic (exact) mass is 188 g/mol. The van der Waals surface area contributed by atoms with Gasteiger partial charge in [0.05, 0.1) is 0 Å². The Balaban J connectivity index is 3.27. The molecule has 0 radical (unpaired) electrons. The van der Waals surface area contributed by atoms with Crippen molar-refractivity contribution in [1.29, 1.82) is 0 Å². The molecule has 74 valence electrons. The molecule has 0 aliphatic rings. The van der Waals surface area contributed by atoms with Gasteiger partial charge in [0.25, 0.3) is 0 Å². The predicted molar refractivity (Wildman–Crippen MR) is 62.2 cm³/mol. The van der Waals surface area contributed by atoms with Crippen LogP contribution in [0.5, 0.6) is 0 Å². The Hall–Kier alpha value is -1.44. The van der Waals surface area contributed by atoms with E-state index in [1.807, 2.05) is 6.20 Å². The largest absolute Gasteiger partial charge is 0.245 e. The summed E-state index contributed by atoms with van der Waals surface area (Å²) in [6.45, 7) is 13.7. The summed E-state index contributed by atoms with van der Waals surface area (Å²) in [7, 11) is 0. The lowest BCUT2D eigenvalue weighted by Gasteiger charge is -2.19. The maximum Gasteiger partial charge on any atom is 0.158 e. The summed E-state index contributed by atoms with van der Waals surface area (Å²) in [5.41, 5.74) is 2.22. The first-order valence-electron chi connectivity index (χ1n) is 4.58. The van der Waals surface area contributed by atoms with Crippen LogP contribution in [0, 0.1) is 0 Å². The van der Waals surface area contributed by atoms with E-state index >= 15 is 0 Å². The smallest absolute Gasteiger partial charge is 0.158 e. The minimum Gasteiger partial charge on any atom is -0.245 e. The normalized spacial score (nSPS) is 11.1. The Kier molecular flexibility index (Phi) is 2.84. The van der Waals surface area contributed by atoms with Gasteiger partial charge < -0.3 is 0 Å². The lowest BCUT2D eigenvalue weighted by Crippen LogP contribution is -2.11. The van der Waals surface area contributed by atoms with Gasteiger partial charge in [0.2, 0.25) is 0 Å². The van der Waals surface area contributed by atoms with Gasteiger partial charge in [0.1, 0.15) is 0 Å². The van der Waals surface area contributed by atoms with E-state index in [1.54, 1.807) is 6.08 Å². The van der Waals surface area contributed by atoms with Crippen molar-refractivity contribution in [3.05, 3.63) is 30.0 Å². The van der Waals surface area contributed by atoms with E-state index in [1.165, 1.54) is 5.56 Å². The van der Waals surface area contributed by atoms with Gasteiger partial charge in [-0.1, -0.05) is 33.4 Å². The summed E-state index contributed by atoms with van der Waals surface area (Å²) in [5, 5.41) is 0. The lowest BCUT2D eigenvalue weighted by molar-refractivity contribution is 0.587. The molecule has 0 atom stereocenters. The van der Waals surface area contributed by atoms with Crippen molar-refractivity contribution < 1.29 is 0 Å². The zero-order valence-corrected chi connectivity index (χ0v) is 9.04. The first-order chi connectivity index (χ1) is 6.49. The van der Waals surface area contributed by atoms with Crippen molar-refractivity contribution in [1.82, 2.24) is 4.98 Å². The van der Waals surface area contributed by atoms with Gasteiger partial charge in [-0.2, -0.15) is 0 Å². The molecule has 0 N–H and O–H groups in total. The fraction of sp³-hybridized carbons (Fsp3) is 0.333. The second kappa shape index (κ2) is 3.74.